The summed E-state index contributed by atoms with van der Waals surface area (Å²) in [4.78, 5) is 2.80. The van der Waals surface area contributed by atoms with Crippen molar-refractivity contribution in [1.29, 1.82) is 0 Å². The van der Waals surface area contributed by atoms with Gasteiger partial charge in [0.25, 0.3) is 0 Å². The van der Waals surface area contributed by atoms with E-state index < -0.39 is 0 Å². The number of hydrogen-bond acceptors (Lipinski definition) is 1. The van der Waals surface area contributed by atoms with Gasteiger partial charge in [-0.15, -0.1) is 0 Å². The molecular formula is C13H25N. The Bertz CT molecular complexity index is 190. The Morgan fingerprint density at radius 2 is 1.57 bits per heavy atom. The molecule has 1 nitrogen and oxygen atoms in total. The van der Waals surface area contributed by atoms with E-state index in [1.165, 1.54) is 32.1 Å². The summed E-state index contributed by atoms with van der Waals surface area (Å²) in [6, 6.07) is 1.80. The molecule has 2 heterocycles. The van der Waals surface area contributed by atoms with Crippen molar-refractivity contribution in [1.82, 2.24) is 4.90 Å². The van der Waals surface area contributed by atoms with Crippen LogP contribution in [-0.2, 0) is 0 Å². The van der Waals surface area contributed by atoms with Gasteiger partial charge in [-0.3, -0.25) is 4.90 Å². The molecule has 2 unspecified atom stereocenters. The minimum atomic E-state index is 0.393. The summed E-state index contributed by atoms with van der Waals surface area (Å²) in [6.45, 7) is 9.50. The van der Waals surface area contributed by atoms with Crippen molar-refractivity contribution in [2.75, 3.05) is 0 Å². The van der Waals surface area contributed by atoms with Crippen molar-refractivity contribution >= 4 is 0 Å². The lowest BCUT2D eigenvalue weighted by Crippen LogP contribution is -2.52. The second-order valence-electron chi connectivity index (χ2n) is 6.21. The number of hydrogen-bond donors (Lipinski definition) is 0. The van der Waals surface area contributed by atoms with E-state index in [2.05, 4.69) is 32.6 Å². The number of rotatable bonds is 1. The van der Waals surface area contributed by atoms with Gasteiger partial charge in [-0.25, -0.2) is 0 Å². The van der Waals surface area contributed by atoms with Gasteiger partial charge in [0.05, 0.1) is 0 Å². The summed E-state index contributed by atoms with van der Waals surface area (Å²) in [5, 5.41) is 0. The minimum Gasteiger partial charge on any atom is -0.293 e. The van der Waals surface area contributed by atoms with E-state index in [0.29, 0.717) is 5.54 Å². The standard InChI is InChI=1S/C13H25N/c1-5-10-8-11-6-7-12(9-10)14(11)13(2,3)4/h10-12H,5-9H2,1-4H3/t10?,11-,12?/m1/s1. The van der Waals surface area contributed by atoms with Gasteiger partial charge in [-0.05, 0) is 52.4 Å². The molecule has 2 saturated heterocycles. The molecule has 2 fully saturated rings. The van der Waals surface area contributed by atoms with Crippen LogP contribution in [0.1, 0.15) is 59.8 Å². The quantitative estimate of drug-likeness (QED) is 0.619. The van der Waals surface area contributed by atoms with Gasteiger partial charge < -0.3 is 0 Å². The van der Waals surface area contributed by atoms with Gasteiger partial charge in [0.1, 0.15) is 0 Å². The predicted molar refractivity (Wildman–Crippen MR) is 61.4 cm³/mol. The zero-order valence-corrected chi connectivity index (χ0v) is 10.2. The third-order valence-electron chi connectivity index (χ3n) is 4.18. The molecule has 0 aromatic carbocycles. The van der Waals surface area contributed by atoms with E-state index >= 15 is 0 Å². The Kier molecular flexibility index (Phi) is 2.63. The van der Waals surface area contributed by atoms with Crippen LogP contribution in [0.4, 0.5) is 0 Å². The molecule has 0 spiro atoms. The largest absolute Gasteiger partial charge is 0.293 e. The van der Waals surface area contributed by atoms with Crippen LogP contribution >= 0.6 is 0 Å². The van der Waals surface area contributed by atoms with E-state index in [0.717, 1.165) is 18.0 Å². The van der Waals surface area contributed by atoms with Crippen LogP contribution in [0.2, 0.25) is 0 Å². The van der Waals surface area contributed by atoms with Crippen LogP contribution < -0.4 is 0 Å². The van der Waals surface area contributed by atoms with Gasteiger partial charge >= 0.3 is 0 Å². The average Bonchev–Trinajstić information content (AvgIpc) is 2.38. The first-order chi connectivity index (χ1) is 6.52. The Labute approximate surface area is 88.9 Å². The smallest absolute Gasteiger partial charge is 0.0130 e. The predicted octanol–water partition coefficient (Wildman–Crippen LogP) is 3.44. The fraction of sp³-hybridized carbons (Fsp3) is 1.00. The third kappa shape index (κ3) is 1.71. The molecule has 0 saturated carbocycles. The lowest BCUT2D eigenvalue weighted by molar-refractivity contribution is 0.0215. The van der Waals surface area contributed by atoms with Gasteiger partial charge in [0.2, 0.25) is 0 Å². The van der Waals surface area contributed by atoms with E-state index in [1.807, 2.05) is 0 Å². The summed E-state index contributed by atoms with van der Waals surface area (Å²) in [7, 11) is 0. The van der Waals surface area contributed by atoms with Crippen LogP contribution in [-0.4, -0.2) is 22.5 Å². The van der Waals surface area contributed by atoms with Gasteiger partial charge in [0, 0.05) is 17.6 Å². The molecule has 82 valence electrons. The van der Waals surface area contributed by atoms with Crippen LogP contribution in [0.5, 0.6) is 0 Å². The second-order valence-corrected chi connectivity index (χ2v) is 6.21. The summed E-state index contributed by atoms with van der Waals surface area (Å²) < 4.78 is 0. The monoisotopic (exact) mass is 195 g/mol. The van der Waals surface area contributed by atoms with Gasteiger partial charge in [0.15, 0.2) is 0 Å². The molecule has 2 bridgehead atoms. The third-order valence-corrected chi connectivity index (χ3v) is 4.18. The first-order valence-electron chi connectivity index (χ1n) is 6.30. The van der Waals surface area contributed by atoms with Crippen LogP contribution in [0.15, 0.2) is 0 Å². The number of fused-ring (bicyclic) bond motifs is 2. The Morgan fingerprint density at radius 1 is 1.07 bits per heavy atom. The molecule has 3 atom stereocenters. The number of piperidine rings is 1. The SMILES string of the molecule is CCC1CC2CC[C@H](C1)N2C(C)(C)C. The van der Waals surface area contributed by atoms with E-state index in [9.17, 15) is 0 Å². The molecule has 0 aromatic heterocycles. The number of nitrogens with zero attached hydrogens (tertiary/aromatic N) is 1. The fourth-order valence-electron chi connectivity index (χ4n) is 3.72. The first-order valence-corrected chi connectivity index (χ1v) is 6.30. The normalized spacial score (nSPS) is 39.0. The van der Waals surface area contributed by atoms with Gasteiger partial charge in [-0.1, -0.05) is 13.3 Å². The molecular weight excluding hydrogens is 170 g/mol. The van der Waals surface area contributed by atoms with Gasteiger partial charge in [-0.2, -0.15) is 0 Å². The molecule has 0 amide bonds. The maximum atomic E-state index is 2.80. The molecule has 0 aromatic rings. The van der Waals surface area contributed by atoms with Crippen molar-refractivity contribution in [3.8, 4) is 0 Å². The van der Waals surface area contributed by atoms with E-state index in [1.54, 1.807) is 0 Å². The maximum absolute atomic E-state index is 2.80. The molecule has 2 rings (SSSR count). The second kappa shape index (κ2) is 3.52. The molecule has 2 aliphatic heterocycles. The van der Waals surface area contributed by atoms with Crippen molar-refractivity contribution < 1.29 is 0 Å². The van der Waals surface area contributed by atoms with Crippen molar-refractivity contribution in [2.24, 2.45) is 5.92 Å². The maximum Gasteiger partial charge on any atom is 0.0130 e. The summed E-state index contributed by atoms with van der Waals surface area (Å²) in [5.74, 6) is 1.02. The minimum absolute atomic E-state index is 0.393. The lowest BCUT2D eigenvalue weighted by atomic mass is 9.86. The van der Waals surface area contributed by atoms with Crippen LogP contribution in [0, 0.1) is 5.92 Å². The highest BCUT2D eigenvalue weighted by atomic mass is 15.3. The molecule has 0 aliphatic carbocycles. The lowest BCUT2D eigenvalue weighted by Gasteiger charge is -2.46. The summed E-state index contributed by atoms with van der Waals surface area (Å²) in [6.07, 6.45) is 7.23. The van der Waals surface area contributed by atoms with E-state index in [-0.39, 0.29) is 0 Å². The highest BCUT2D eigenvalue weighted by Gasteiger charge is 2.44. The van der Waals surface area contributed by atoms with Crippen molar-refractivity contribution in [2.45, 2.75) is 77.4 Å². The van der Waals surface area contributed by atoms with Crippen LogP contribution in [0.3, 0.4) is 0 Å². The Balaban J connectivity index is 2.10. The molecule has 2 aliphatic rings. The zero-order chi connectivity index (χ0) is 10.3. The highest BCUT2D eigenvalue weighted by molar-refractivity contribution is 4.99. The topological polar surface area (TPSA) is 3.24 Å². The van der Waals surface area contributed by atoms with Crippen LogP contribution in [0.25, 0.3) is 0 Å². The fourth-order valence-corrected chi connectivity index (χ4v) is 3.72. The van der Waals surface area contributed by atoms with E-state index in [4.69, 9.17) is 0 Å². The zero-order valence-electron chi connectivity index (χ0n) is 10.2. The van der Waals surface area contributed by atoms with Crippen molar-refractivity contribution in [3.63, 3.8) is 0 Å². The van der Waals surface area contributed by atoms with Crippen molar-refractivity contribution in [3.05, 3.63) is 0 Å². The summed E-state index contributed by atoms with van der Waals surface area (Å²) >= 11 is 0. The Hall–Kier alpha value is -0.0400. The average molecular weight is 195 g/mol. The highest BCUT2D eigenvalue weighted by Crippen LogP contribution is 2.43. The molecule has 14 heavy (non-hydrogen) atoms. The molecule has 1 heteroatoms. The summed E-state index contributed by atoms with van der Waals surface area (Å²) in [5.41, 5.74) is 0.393. The first kappa shape index (κ1) is 10.5. The molecule has 0 radical (unpaired) electrons. The Morgan fingerprint density at radius 3 is 1.93 bits per heavy atom. The molecule has 0 N–H and O–H groups in total.